The van der Waals surface area contributed by atoms with Gasteiger partial charge in [0.15, 0.2) is 0 Å². The molecule has 0 radical (unpaired) electrons. The van der Waals surface area contributed by atoms with Crippen LogP contribution < -0.4 is 15.8 Å². The lowest BCUT2D eigenvalue weighted by Crippen LogP contribution is -2.24. The molecule has 102 valence electrons. The first-order valence-corrected chi connectivity index (χ1v) is 6.36. The van der Waals surface area contributed by atoms with E-state index in [0.717, 1.165) is 18.7 Å². The molecule has 0 amide bonds. The maximum Gasteiger partial charge on any atom is 0.144 e. The number of rotatable bonds is 7. The van der Waals surface area contributed by atoms with Crippen molar-refractivity contribution in [3.8, 4) is 5.75 Å². The van der Waals surface area contributed by atoms with Crippen LogP contribution in [0.4, 0.5) is 11.4 Å². The van der Waals surface area contributed by atoms with Gasteiger partial charge in [-0.1, -0.05) is 19.9 Å². The fourth-order valence-electron chi connectivity index (χ4n) is 1.71. The Kier molecular flexibility index (Phi) is 5.28. The van der Waals surface area contributed by atoms with Gasteiger partial charge in [-0.15, -0.1) is 0 Å². The molecule has 0 heterocycles. The zero-order valence-corrected chi connectivity index (χ0v) is 11.5. The van der Waals surface area contributed by atoms with Crippen LogP contribution in [0.1, 0.15) is 27.2 Å². The van der Waals surface area contributed by atoms with Gasteiger partial charge in [-0.2, -0.15) is 0 Å². The molecule has 1 rings (SSSR count). The monoisotopic (exact) mass is 252 g/mol. The van der Waals surface area contributed by atoms with Crippen LogP contribution in [-0.2, 0) is 0 Å². The number of benzene rings is 1. The smallest absolute Gasteiger partial charge is 0.144 e. The summed E-state index contributed by atoms with van der Waals surface area (Å²) in [5.74, 6) is 0.711. The van der Waals surface area contributed by atoms with E-state index in [9.17, 15) is 0 Å². The number of nitrogens with two attached hydrogens (primary N) is 1. The van der Waals surface area contributed by atoms with E-state index >= 15 is 0 Å². The summed E-state index contributed by atoms with van der Waals surface area (Å²) in [5, 5.41) is 12.3. The molecule has 0 fully saturated rings. The van der Waals surface area contributed by atoms with E-state index < -0.39 is 0 Å². The molecule has 0 saturated heterocycles. The van der Waals surface area contributed by atoms with Crippen molar-refractivity contribution in [3.63, 3.8) is 0 Å². The standard InChI is InChI=1S/C14H24N2O2/c1-4-18-12-7-5-6-11(13(12)15)16-10-14(2,3)8-9-17/h5-7,16-17H,4,8-10,15H2,1-3H3. The molecule has 1 aromatic carbocycles. The van der Waals surface area contributed by atoms with Crippen molar-refractivity contribution >= 4 is 11.4 Å². The molecular weight excluding hydrogens is 228 g/mol. The maximum absolute atomic E-state index is 9.00. The molecule has 0 aliphatic rings. The number of nitrogen functional groups attached to an aromatic ring is 1. The molecule has 18 heavy (non-hydrogen) atoms. The summed E-state index contributed by atoms with van der Waals surface area (Å²) in [6.07, 6.45) is 0.755. The lowest BCUT2D eigenvalue weighted by molar-refractivity contribution is 0.220. The number of aliphatic hydroxyl groups excluding tert-OH is 1. The highest BCUT2D eigenvalue weighted by molar-refractivity contribution is 5.72. The Labute approximate surface area is 109 Å². The summed E-state index contributed by atoms with van der Waals surface area (Å²) in [7, 11) is 0. The Morgan fingerprint density at radius 3 is 2.72 bits per heavy atom. The molecule has 0 aliphatic heterocycles. The van der Waals surface area contributed by atoms with Crippen LogP contribution in [-0.4, -0.2) is 24.9 Å². The van der Waals surface area contributed by atoms with Crippen molar-refractivity contribution in [3.05, 3.63) is 18.2 Å². The second kappa shape index (κ2) is 6.50. The minimum atomic E-state index is 0.0306. The highest BCUT2D eigenvalue weighted by Gasteiger charge is 2.17. The summed E-state index contributed by atoms with van der Waals surface area (Å²) < 4.78 is 5.45. The van der Waals surface area contributed by atoms with Crippen LogP contribution in [0.25, 0.3) is 0 Å². The van der Waals surface area contributed by atoms with E-state index in [4.69, 9.17) is 15.6 Å². The molecule has 0 atom stereocenters. The van der Waals surface area contributed by atoms with E-state index in [2.05, 4.69) is 19.2 Å². The summed E-state index contributed by atoms with van der Waals surface area (Å²) in [4.78, 5) is 0. The van der Waals surface area contributed by atoms with Gasteiger partial charge in [-0.05, 0) is 30.9 Å². The fraction of sp³-hybridized carbons (Fsp3) is 0.571. The first-order valence-electron chi connectivity index (χ1n) is 6.36. The first-order chi connectivity index (χ1) is 8.50. The zero-order chi connectivity index (χ0) is 13.6. The second-order valence-electron chi connectivity index (χ2n) is 5.14. The zero-order valence-electron chi connectivity index (χ0n) is 11.5. The Morgan fingerprint density at radius 2 is 2.11 bits per heavy atom. The van der Waals surface area contributed by atoms with Gasteiger partial charge < -0.3 is 20.9 Å². The average Bonchev–Trinajstić information content (AvgIpc) is 2.30. The Hall–Kier alpha value is -1.42. The van der Waals surface area contributed by atoms with Crippen LogP contribution in [0.2, 0.25) is 0 Å². The number of ether oxygens (including phenoxy) is 1. The average molecular weight is 252 g/mol. The summed E-state index contributed by atoms with van der Waals surface area (Å²) >= 11 is 0. The van der Waals surface area contributed by atoms with E-state index in [-0.39, 0.29) is 12.0 Å². The molecular formula is C14H24N2O2. The van der Waals surface area contributed by atoms with E-state index in [0.29, 0.717) is 18.0 Å². The lowest BCUT2D eigenvalue weighted by atomic mass is 9.89. The van der Waals surface area contributed by atoms with Gasteiger partial charge in [-0.3, -0.25) is 0 Å². The lowest BCUT2D eigenvalue weighted by Gasteiger charge is -2.25. The third kappa shape index (κ3) is 4.11. The third-order valence-corrected chi connectivity index (χ3v) is 2.91. The molecule has 4 N–H and O–H groups in total. The van der Waals surface area contributed by atoms with Crippen molar-refractivity contribution in [2.24, 2.45) is 5.41 Å². The SMILES string of the molecule is CCOc1cccc(NCC(C)(C)CCO)c1N. The maximum atomic E-state index is 9.00. The normalized spacial score (nSPS) is 11.3. The minimum absolute atomic E-state index is 0.0306. The van der Waals surface area contributed by atoms with Gasteiger partial charge in [0.05, 0.1) is 18.0 Å². The van der Waals surface area contributed by atoms with Gasteiger partial charge in [-0.25, -0.2) is 0 Å². The van der Waals surface area contributed by atoms with Gasteiger partial charge in [0.25, 0.3) is 0 Å². The number of hydrogen-bond donors (Lipinski definition) is 3. The highest BCUT2D eigenvalue weighted by atomic mass is 16.5. The molecule has 4 nitrogen and oxygen atoms in total. The summed E-state index contributed by atoms with van der Waals surface area (Å²) in [5.41, 5.74) is 7.59. The Balaban J connectivity index is 2.70. The quantitative estimate of drug-likeness (QED) is 0.652. The summed E-state index contributed by atoms with van der Waals surface area (Å²) in [6, 6.07) is 5.72. The first kappa shape index (κ1) is 14.6. The van der Waals surface area contributed by atoms with Crippen LogP contribution in [0.15, 0.2) is 18.2 Å². The predicted octanol–water partition coefficient (Wildman–Crippen LogP) is 2.49. The van der Waals surface area contributed by atoms with Crippen LogP contribution in [0, 0.1) is 5.41 Å². The molecule has 0 aliphatic carbocycles. The van der Waals surface area contributed by atoms with Crippen molar-refractivity contribution in [1.29, 1.82) is 0 Å². The third-order valence-electron chi connectivity index (χ3n) is 2.91. The topological polar surface area (TPSA) is 67.5 Å². The number of nitrogens with one attached hydrogen (secondary N) is 1. The molecule has 0 aromatic heterocycles. The van der Waals surface area contributed by atoms with Crippen LogP contribution >= 0.6 is 0 Å². The van der Waals surface area contributed by atoms with Crippen molar-refractivity contribution in [2.45, 2.75) is 27.2 Å². The minimum Gasteiger partial charge on any atom is -0.492 e. The summed E-state index contributed by atoms with van der Waals surface area (Å²) in [6.45, 7) is 7.71. The number of aliphatic hydroxyl groups is 1. The van der Waals surface area contributed by atoms with Crippen molar-refractivity contribution < 1.29 is 9.84 Å². The number of para-hydroxylation sites is 1. The van der Waals surface area contributed by atoms with Gasteiger partial charge >= 0.3 is 0 Å². The van der Waals surface area contributed by atoms with Gasteiger partial charge in [0, 0.05) is 13.2 Å². The molecule has 1 aromatic rings. The molecule has 0 bridgehead atoms. The van der Waals surface area contributed by atoms with Gasteiger partial charge in [0.1, 0.15) is 5.75 Å². The number of anilines is 2. The van der Waals surface area contributed by atoms with Crippen LogP contribution in [0.5, 0.6) is 5.75 Å². The predicted molar refractivity (Wildman–Crippen MR) is 76.0 cm³/mol. The van der Waals surface area contributed by atoms with Crippen LogP contribution in [0.3, 0.4) is 0 Å². The highest BCUT2D eigenvalue weighted by Crippen LogP contribution is 2.30. The van der Waals surface area contributed by atoms with E-state index in [1.165, 1.54) is 0 Å². The largest absolute Gasteiger partial charge is 0.492 e. The Morgan fingerprint density at radius 1 is 1.39 bits per heavy atom. The second-order valence-corrected chi connectivity index (χ2v) is 5.14. The van der Waals surface area contributed by atoms with Crippen molar-refractivity contribution in [2.75, 3.05) is 30.8 Å². The Bertz CT molecular complexity index is 378. The fourth-order valence-corrected chi connectivity index (χ4v) is 1.71. The molecule has 0 saturated carbocycles. The van der Waals surface area contributed by atoms with Gasteiger partial charge in [0.2, 0.25) is 0 Å². The number of hydrogen-bond acceptors (Lipinski definition) is 4. The van der Waals surface area contributed by atoms with Crippen molar-refractivity contribution in [1.82, 2.24) is 0 Å². The van der Waals surface area contributed by atoms with E-state index in [1.807, 2.05) is 25.1 Å². The molecule has 0 spiro atoms. The molecule has 0 unspecified atom stereocenters. The molecule has 4 heteroatoms. The van der Waals surface area contributed by atoms with E-state index in [1.54, 1.807) is 0 Å².